The van der Waals surface area contributed by atoms with Gasteiger partial charge >= 0.3 is 6.03 Å². The Balaban J connectivity index is 1.96. The second kappa shape index (κ2) is 8.34. The lowest BCUT2D eigenvalue weighted by Gasteiger charge is -2.14. The number of hydrogen-bond acceptors (Lipinski definition) is 5. The van der Waals surface area contributed by atoms with E-state index in [1.54, 1.807) is 14.2 Å². The van der Waals surface area contributed by atoms with Crippen LogP contribution in [-0.4, -0.2) is 25.2 Å². The van der Waals surface area contributed by atoms with Crippen LogP contribution >= 0.6 is 27.3 Å². The zero-order valence-corrected chi connectivity index (χ0v) is 16.4. The third-order valence-corrected chi connectivity index (χ3v) is 5.23. The number of methoxy groups -OCH3 is 2. The molecule has 2 amide bonds. The molecule has 0 saturated heterocycles. The second-order valence-corrected chi connectivity index (χ2v) is 6.92. The van der Waals surface area contributed by atoms with E-state index in [1.165, 1.54) is 11.3 Å². The molecule has 0 saturated carbocycles. The highest BCUT2D eigenvalue weighted by Gasteiger charge is 2.14. The number of nitrogens with one attached hydrogen (secondary N) is 2. The number of aryl methyl sites for hydroxylation is 1. The molecule has 6 nitrogen and oxygen atoms in total. The van der Waals surface area contributed by atoms with Gasteiger partial charge in [-0.05, 0) is 31.5 Å². The summed E-state index contributed by atoms with van der Waals surface area (Å²) in [5, 5.41) is 8.56. The van der Waals surface area contributed by atoms with Crippen LogP contribution in [0.5, 0.6) is 11.5 Å². The first-order chi connectivity index (χ1) is 11.4. The standard InChI is InChI=1S/C16H20BrN3O3S/c1-9-8-24-15(19-9)10(2)20-16(21)18-7-11-5-13(22-3)14(23-4)6-12(11)17/h5-6,8,10H,7H2,1-4H3,(H2,18,20,21). The van der Waals surface area contributed by atoms with E-state index < -0.39 is 0 Å². The number of nitrogens with zero attached hydrogens (tertiary/aromatic N) is 1. The summed E-state index contributed by atoms with van der Waals surface area (Å²) >= 11 is 5.01. The molecule has 130 valence electrons. The molecule has 1 unspecified atom stereocenters. The van der Waals surface area contributed by atoms with Gasteiger partial charge in [-0.15, -0.1) is 11.3 Å². The van der Waals surface area contributed by atoms with Crippen molar-refractivity contribution >= 4 is 33.3 Å². The summed E-state index contributed by atoms with van der Waals surface area (Å²) in [6.45, 7) is 4.20. The van der Waals surface area contributed by atoms with E-state index in [9.17, 15) is 4.79 Å². The highest BCUT2D eigenvalue weighted by atomic mass is 79.9. The fourth-order valence-corrected chi connectivity index (χ4v) is 3.35. The number of rotatable bonds is 6. The van der Waals surface area contributed by atoms with Crippen LogP contribution in [-0.2, 0) is 6.54 Å². The van der Waals surface area contributed by atoms with Crippen molar-refractivity contribution < 1.29 is 14.3 Å². The lowest BCUT2D eigenvalue weighted by Crippen LogP contribution is -2.36. The van der Waals surface area contributed by atoms with Crippen molar-refractivity contribution in [2.75, 3.05) is 14.2 Å². The maximum absolute atomic E-state index is 12.1. The molecule has 0 spiro atoms. The molecule has 1 heterocycles. The molecule has 1 aromatic carbocycles. The Kier molecular flexibility index (Phi) is 6.44. The molecule has 2 rings (SSSR count). The highest BCUT2D eigenvalue weighted by Crippen LogP contribution is 2.33. The zero-order valence-electron chi connectivity index (χ0n) is 14.0. The summed E-state index contributed by atoms with van der Waals surface area (Å²) < 4.78 is 11.4. The predicted octanol–water partition coefficient (Wildman–Crippen LogP) is 3.79. The van der Waals surface area contributed by atoms with Gasteiger partial charge in [-0.25, -0.2) is 9.78 Å². The molecule has 24 heavy (non-hydrogen) atoms. The number of aromatic nitrogens is 1. The maximum atomic E-state index is 12.1. The number of carbonyl (C=O) groups excluding carboxylic acids is 1. The minimum atomic E-state index is -0.253. The molecule has 8 heteroatoms. The number of amides is 2. The van der Waals surface area contributed by atoms with Crippen molar-refractivity contribution in [3.05, 3.63) is 38.3 Å². The fourth-order valence-electron chi connectivity index (χ4n) is 2.09. The quantitative estimate of drug-likeness (QED) is 0.755. The number of urea groups is 1. The largest absolute Gasteiger partial charge is 0.493 e. The van der Waals surface area contributed by atoms with E-state index in [-0.39, 0.29) is 12.1 Å². The van der Waals surface area contributed by atoms with Crippen molar-refractivity contribution in [1.82, 2.24) is 15.6 Å². The summed E-state index contributed by atoms with van der Waals surface area (Å²) in [6, 6.07) is 3.25. The van der Waals surface area contributed by atoms with E-state index in [0.717, 1.165) is 20.7 Å². The van der Waals surface area contributed by atoms with Gasteiger partial charge < -0.3 is 20.1 Å². The average molecular weight is 414 g/mol. The van der Waals surface area contributed by atoms with E-state index in [4.69, 9.17) is 9.47 Å². The predicted molar refractivity (Wildman–Crippen MR) is 97.9 cm³/mol. The first-order valence-corrected chi connectivity index (χ1v) is 8.98. The number of benzene rings is 1. The molecule has 0 aliphatic carbocycles. The van der Waals surface area contributed by atoms with Gasteiger partial charge in [0.1, 0.15) is 5.01 Å². The smallest absolute Gasteiger partial charge is 0.315 e. The number of ether oxygens (including phenoxy) is 2. The molecule has 2 aromatic rings. The average Bonchev–Trinajstić information content (AvgIpc) is 3.00. The van der Waals surface area contributed by atoms with Gasteiger partial charge in [0.2, 0.25) is 0 Å². The molecule has 1 atom stereocenters. The number of carbonyl (C=O) groups is 1. The van der Waals surface area contributed by atoms with E-state index >= 15 is 0 Å². The van der Waals surface area contributed by atoms with E-state index in [0.29, 0.717) is 18.0 Å². The summed E-state index contributed by atoms with van der Waals surface area (Å²) in [5.74, 6) is 1.25. The first-order valence-electron chi connectivity index (χ1n) is 7.31. The molecular formula is C16H20BrN3O3S. The number of halogens is 1. The van der Waals surface area contributed by atoms with Crippen LogP contribution in [0.4, 0.5) is 4.79 Å². The molecular weight excluding hydrogens is 394 g/mol. The van der Waals surface area contributed by atoms with Crippen LogP contribution in [0.2, 0.25) is 0 Å². The van der Waals surface area contributed by atoms with Crippen LogP contribution in [0.25, 0.3) is 0 Å². The van der Waals surface area contributed by atoms with Crippen molar-refractivity contribution in [2.24, 2.45) is 0 Å². The highest BCUT2D eigenvalue weighted by molar-refractivity contribution is 9.10. The molecule has 1 aromatic heterocycles. The van der Waals surface area contributed by atoms with Gasteiger partial charge in [0, 0.05) is 22.1 Å². The zero-order chi connectivity index (χ0) is 17.7. The summed E-state index contributed by atoms with van der Waals surface area (Å²) in [6.07, 6.45) is 0. The minimum absolute atomic E-state index is 0.141. The summed E-state index contributed by atoms with van der Waals surface area (Å²) in [7, 11) is 3.16. The lowest BCUT2D eigenvalue weighted by atomic mass is 10.2. The Morgan fingerprint density at radius 1 is 1.33 bits per heavy atom. The molecule has 0 fully saturated rings. The summed E-state index contributed by atoms with van der Waals surface area (Å²) in [4.78, 5) is 16.5. The molecule has 0 aliphatic heterocycles. The molecule has 0 bridgehead atoms. The monoisotopic (exact) mass is 413 g/mol. The minimum Gasteiger partial charge on any atom is -0.493 e. The Hall–Kier alpha value is -1.80. The van der Waals surface area contributed by atoms with Crippen molar-refractivity contribution in [3.63, 3.8) is 0 Å². The van der Waals surface area contributed by atoms with Crippen molar-refractivity contribution in [2.45, 2.75) is 26.4 Å². The third kappa shape index (κ3) is 4.61. The fraction of sp³-hybridized carbons (Fsp3) is 0.375. The molecule has 0 radical (unpaired) electrons. The van der Waals surface area contributed by atoms with Gasteiger partial charge in [-0.1, -0.05) is 15.9 Å². The van der Waals surface area contributed by atoms with Gasteiger partial charge in [0.25, 0.3) is 0 Å². The van der Waals surface area contributed by atoms with Crippen LogP contribution in [0.15, 0.2) is 22.0 Å². The van der Waals surface area contributed by atoms with Crippen LogP contribution in [0.3, 0.4) is 0 Å². The van der Waals surface area contributed by atoms with Crippen molar-refractivity contribution in [1.29, 1.82) is 0 Å². The number of thiazole rings is 1. The third-order valence-electron chi connectivity index (χ3n) is 3.35. The topological polar surface area (TPSA) is 72.5 Å². The van der Waals surface area contributed by atoms with Crippen LogP contribution < -0.4 is 20.1 Å². The van der Waals surface area contributed by atoms with E-state index in [2.05, 4.69) is 31.5 Å². The van der Waals surface area contributed by atoms with Gasteiger partial charge in [-0.2, -0.15) is 0 Å². The second-order valence-electron chi connectivity index (χ2n) is 5.17. The van der Waals surface area contributed by atoms with E-state index in [1.807, 2.05) is 31.4 Å². The van der Waals surface area contributed by atoms with Gasteiger partial charge in [-0.3, -0.25) is 0 Å². The van der Waals surface area contributed by atoms with Gasteiger partial charge in [0.05, 0.1) is 20.3 Å². The normalized spacial score (nSPS) is 11.7. The SMILES string of the molecule is COc1cc(Br)c(CNC(=O)NC(C)c2nc(C)cs2)cc1OC. The Morgan fingerprint density at radius 3 is 2.58 bits per heavy atom. The van der Waals surface area contributed by atoms with Gasteiger partial charge in [0.15, 0.2) is 11.5 Å². The Labute approximate surface area is 153 Å². The lowest BCUT2D eigenvalue weighted by molar-refractivity contribution is 0.237. The van der Waals surface area contributed by atoms with Crippen molar-refractivity contribution in [3.8, 4) is 11.5 Å². The van der Waals surface area contributed by atoms with Crippen LogP contribution in [0.1, 0.15) is 29.2 Å². The number of hydrogen-bond donors (Lipinski definition) is 2. The molecule has 2 N–H and O–H groups in total. The first kappa shape index (κ1) is 18.5. The Morgan fingerprint density at radius 2 is 2.00 bits per heavy atom. The summed E-state index contributed by atoms with van der Waals surface area (Å²) in [5.41, 5.74) is 1.85. The molecule has 0 aliphatic rings. The van der Waals surface area contributed by atoms with Crippen LogP contribution in [0, 0.1) is 6.92 Å². The Bertz CT molecular complexity index is 721. The maximum Gasteiger partial charge on any atom is 0.315 e.